The molecule has 0 saturated carbocycles. The molecule has 3 aliphatic heterocycles. The summed E-state index contributed by atoms with van der Waals surface area (Å²) in [6.07, 6.45) is 0.0915. The summed E-state index contributed by atoms with van der Waals surface area (Å²) in [6.45, 7) is 3.66. The summed E-state index contributed by atoms with van der Waals surface area (Å²) in [4.78, 5) is 55.7. The fraction of sp³-hybridized carbons (Fsp3) is 0.405. The average molecular weight is 800 g/mol. The summed E-state index contributed by atoms with van der Waals surface area (Å²) in [7, 11) is 0. The summed E-state index contributed by atoms with van der Waals surface area (Å²) in [5.74, 6) is -3.72. The molecule has 2 saturated heterocycles. The number of fused-ring (bicyclic) bond motifs is 2. The second kappa shape index (κ2) is 18.9. The van der Waals surface area contributed by atoms with E-state index in [0.29, 0.717) is 93.0 Å². The van der Waals surface area contributed by atoms with Crippen LogP contribution < -0.4 is 36.3 Å². The Bertz CT molecular complexity index is 1980. The molecule has 18 nitrogen and oxygen atoms in total. The van der Waals surface area contributed by atoms with Gasteiger partial charge in [0.1, 0.15) is 17.3 Å². The molecule has 20 heteroatoms. The first-order chi connectivity index (χ1) is 27.7. The molecule has 3 aliphatic rings. The molecule has 2 amide bonds. The van der Waals surface area contributed by atoms with Crippen LogP contribution in [0, 0.1) is 11.6 Å². The van der Waals surface area contributed by atoms with Crippen molar-refractivity contribution in [2.45, 2.75) is 31.4 Å². The van der Waals surface area contributed by atoms with Gasteiger partial charge >= 0.3 is 0 Å². The zero-order chi connectivity index (χ0) is 39.6. The van der Waals surface area contributed by atoms with Crippen molar-refractivity contribution in [2.24, 2.45) is 0 Å². The molecule has 1 unspecified atom stereocenters. The van der Waals surface area contributed by atoms with E-state index in [2.05, 4.69) is 26.6 Å². The lowest BCUT2D eigenvalue weighted by Crippen LogP contribution is -2.47. The SMILES string of the molecule is O=C(NCCOCCOCCOCCNc1ccc2c(c1)ON(C1CCONO1)O2)c1cc2cc(N3CC[C@@](O)(C(=O)NCc4cc(F)cc(F)c4)O3)ccc2[nH]1. The molecule has 2 atom stereocenters. The number of nitrogens with zero attached hydrogens (tertiary/aromatic N) is 2. The summed E-state index contributed by atoms with van der Waals surface area (Å²) >= 11 is 0. The van der Waals surface area contributed by atoms with Gasteiger partial charge in [-0.15, -0.1) is 0 Å². The highest BCUT2D eigenvalue weighted by atomic mass is 19.1. The quantitative estimate of drug-likeness (QED) is 0.0757. The Kier molecular flexibility index (Phi) is 13.2. The van der Waals surface area contributed by atoms with Gasteiger partial charge in [0.2, 0.25) is 6.23 Å². The van der Waals surface area contributed by atoms with Crippen LogP contribution in [0.15, 0.2) is 60.7 Å². The van der Waals surface area contributed by atoms with Crippen LogP contribution in [-0.2, 0) is 40.1 Å². The summed E-state index contributed by atoms with van der Waals surface area (Å²) in [5.41, 5.74) is 5.01. The van der Waals surface area contributed by atoms with E-state index in [-0.39, 0.29) is 37.5 Å². The second-order valence-corrected chi connectivity index (χ2v) is 13.1. The fourth-order valence-electron chi connectivity index (χ4n) is 6.03. The maximum Gasteiger partial charge on any atom is 0.282 e. The molecule has 4 aromatic rings. The molecule has 3 aromatic carbocycles. The number of carbonyl (C=O) groups excluding carboxylic acids is 2. The van der Waals surface area contributed by atoms with E-state index in [0.717, 1.165) is 23.9 Å². The third-order valence-electron chi connectivity index (χ3n) is 8.90. The highest BCUT2D eigenvalue weighted by Crippen LogP contribution is 2.37. The molecule has 0 spiro atoms. The Morgan fingerprint density at radius 2 is 1.63 bits per heavy atom. The van der Waals surface area contributed by atoms with Crippen LogP contribution in [0.1, 0.15) is 28.9 Å². The smallest absolute Gasteiger partial charge is 0.282 e. The normalized spacial score (nSPS) is 19.3. The van der Waals surface area contributed by atoms with Gasteiger partial charge in [-0.05, 0) is 54.1 Å². The van der Waals surface area contributed by atoms with Gasteiger partial charge in [0.15, 0.2) is 11.5 Å². The number of nitrogens with one attached hydrogen (secondary N) is 5. The Balaban J connectivity index is 0.724. The molecule has 7 rings (SSSR count). The van der Waals surface area contributed by atoms with Crippen LogP contribution in [0.4, 0.5) is 20.2 Å². The Hall–Kier alpha value is -5.16. The maximum atomic E-state index is 13.5. The average Bonchev–Trinajstić information content (AvgIpc) is 3.95. The predicted molar refractivity (Wildman–Crippen MR) is 196 cm³/mol. The Labute approximate surface area is 324 Å². The maximum absolute atomic E-state index is 13.5. The lowest BCUT2D eigenvalue weighted by Gasteiger charge is -2.26. The number of hydrogen-bond donors (Lipinski definition) is 6. The van der Waals surface area contributed by atoms with Crippen molar-refractivity contribution in [1.82, 2.24) is 26.5 Å². The number of halogens is 2. The van der Waals surface area contributed by atoms with E-state index >= 15 is 0 Å². The molecule has 0 bridgehead atoms. The van der Waals surface area contributed by atoms with Gasteiger partial charge in [-0.3, -0.25) is 24.3 Å². The number of ether oxygens (including phenoxy) is 3. The van der Waals surface area contributed by atoms with Crippen LogP contribution in [0.2, 0.25) is 0 Å². The number of rotatable bonds is 19. The molecule has 57 heavy (non-hydrogen) atoms. The number of aromatic nitrogens is 1. The second-order valence-electron chi connectivity index (χ2n) is 13.1. The standard InChI is InChI=1S/C37H43F2N7O11/c38-26-17-24(18-27(39)21-26)23-42-36(48)37(49)6-9-45(57-37)29-2-3-30-25(19-29)20-31(43-30)35(47)41-8-12-51-14-16-52-15-13-50-11-7-40-28-1-4-32-33(22-28)56-46(55-32)34-5-10-53-44-54-34/h1-4,17-22,34,40,43-44,49H,5-16,23H2,(H,41,47)(H,42,48)/t34?,37-/m0/s1. The van der Waals surface area contributed by atoms with Crippen molar-refractivity contribution in [1.29, 1.82) is 0 Å². The van der Waals surface area contributed by atoms with Gasteiger partial charge in [-0.25, -0.2) is 13.6 Å². The predicted octanol–water partition coefficient (Wildman–Crippen LogP) is 2.57. The van der Waals surface area contributed by atoms with E-state index in [1.807, 2.05) is 18.2 Å². The minimum Gasteiger partial charge on any atom is -0.383 e. The monoisotopic (exact) mass is 799 g/mol. The number of hydroxylamine groups is 3. The number of amides is 2. The summed E-state index contributed by atoms with van der Waals surface area (Å²) in [5, 5.41) is 22.8. The van der Waals surface area contributed by atoms with E-state index in [1.165, 1.54) is 10.3 Å². The molecule has 306 valence electrons. The Morgan fingerprint density at radius 3 is 2.40 bits per heavy atom. The lowest BCUT2D eigenvalue weighted by atomic mass is 10.1. The molecular formula is C37H43F2N7O11. The molecule has 2 fully saturated rings. The number of carbonyl (C=O) groups is 2. The van der Waals surface area contributed by atoms with E-state index in [1.54, 1.807) is 24.3 Å². The molecular weight excluding hydrogens is 756 g/mol. The number of aliphatic hydroxyl groups is 1. The summed E-state index contributed by atoms with van der Waals surface area (Å²) in [6, 6.07) is 15.3. The first kappa shape index (κ1) is 40.1. The van der Waals surface area contributed by atoms with Gasteiger partial charge in [0.25, 0.3) is 17.6 Å². The largest absolute Gasteiger partial charge is 0.383 e. The van der Waals surface area contributed by atoms with Crippen molar-refractivity contribution in [3.05, 3.63) is 83.6 Å². The highest BCUT2D eigenvalue weighted by molar-refractivity contribution is 5.98. The molecule has 1 aromatic heterocycles. The highest BCUT2D eigenvalue weighted by Gasteiger charge is 2.45. The van der Waals surface area contributed by atoms with Gasteiger partial charge < -0.3 is 49.9 Å². The van der Waals surface area contributed by atoms with Gasteiger partial charge in [0.05, 0.1) is 63.7 Å². The van der Waals surface area contributed by atoms with Crippen molar-refractivity contribution in [3.63, 3.8) is 0 Å². The van der Waals surface area contributed by atoms with Crippen molar-refractivity contribution in [2.75, 3.05) is 76.3 Å². The first-order valence-electron chi connectivity index (χ1n) is 18.3. The third-order valence-corrected chi connectivity index (χ3v) is 8.90. The molecule has 6 N–H and O–H groups in total. The summed E-state index contributed by atoms with van der Waals surface area (Å²) < 4.78 is 43.7. The number of hydrogen-bond acceptors (Lipinski definition) is 15. The van der Waals surface area contributed by atoms with Gasteiger partial charge in [0, 0.05) is 61.2 Å². The molecule has 4 heterocycles. The minimum absolute atomic E-state index is 0.0471. The molecule has 0 aliphatic carbocycles. The van der Waals surface area contributed by atoms with Crippen molar-refractivity contribution < 1.29 is 61.9 Å². The van der Waals surface area contributed by atoms with E-state index in [9.17, 15) is 23.5 Å². The van der Waals surface area contributed by atoms with Crippen LogP contribution in [-0.4, -0.2) is 105 Å². The van der Waals surface area contributed by atoms with E-state index in [4.69, 9.17) is 38.4 Å². The number of anilines is 2. The topological polar surface area (TPSA) is 199 Å². The lowest BCUT2D eigenvalue weighted by molar-refractivity contribution is -0.376. The van der Waals surface area contributed by atoms with Crippen LogP contribution in [0.3, 0.4) is 0 Å². The van der Waals surface area contributed by atoms with Gasteiger partial charge in [-0.2, -0.15) is 0 Å². The van der Waals surface area contributed by atoms with E-state index < -0.39 is 29.6 Å². The van der Waals surface area contributed by atoms with Crippen molar-refractivity contribution >= 4 is 34.1 Å². The van der Waals surface area contributed by atoms with Crippen molar-refractivity contribution in [3.8, 4) is 11.5 Å². The Morgan fingerprint density at radius 1 is 0.877 bits per heavy atom. The van der Waals surface area contributed by atoms with Gasteiger partial charge in [-0.1, -0.05) is 5.64 Å². The number of benzene rings is 3. The van der Waals surface area contributed by atoms with Crippen LogP contribution in [0.5, 0.6) is 11.5 Å². The first-order valence-corrected chi connectivity index (χ1v) is 18.3. The zero-order valence-electron chi connectivity index (χ0n) is 30.7. The fourth-order valence-corrected chi connectivity index (χ4v) is 6.03. The third kappa shape index (κ3) is 10.6. The minimum atomic E-state index is -2.17. The number of aromatic amines is 1. The number of H-pyrrole nitrogens is 1. The zero-order valence-corrected chi connectivity index (χ0v) is 30.7. The molecule has 0 radical (unpaired) electrons. The van der Waals surface area contributed by atoms with Crippen LogP contribution >= 0.6 is 0 Å². The van der Waals surface area contributed by atoms with Crippen LogP contribution in [0.25, 0.3) is 10.9 Å².